The second-order valence-corrected chi connectivity index (χ2v) is 7.50. The number of aromatic nitrogens is 1. The standard InChI is InChI=1S/C21H27N3O4/c1-27-14-4-5-18-16(11-14)17-13-24(9-8-19(17)23-18)21(26)7-6-20(25)22-12-15-3-2-10-28-15/h4-5,11,15,23H,2-3,6-10,12-13H2,1H3,(H,22,25)/t15-/m1/s1. The Morgan fingerprint density at radius 2 is 2.25 bits per heavy atom. The number of aromatic amines is 1. The lowest BCUT2D eigenvalue weighted by atomic mass is 10.0. The highest BCUT2D eigenvalue weighted by Gasteiger charge is 2.24. The summed E-state index contributed by atoms with van der Waals surface area (Å²) in [6.07, 6.45) is 3.41. The normalized spacial score (nSPS) is 18.9. The highest BCUT2D eigenvalue weighted by atomic mass is 16.5. The molecule has 1 aromatic heterocycles. The molecule has 7 heteroatoms. The van der Waals surface area contributed by atoms with Crippen molar-refractivity contribution in [2.45, 2.75) is 44.8 Å². The molecule has 0 unspecified atom stereocenters. The minimum absolute atomic E-state index is 0.0233. The van der Waals surface area contributed by atoms with E-state index in [0.717, 1.165) is 48.1 Å². The first-order chi connectivity index (χ1) is 13.6. The molecule has 7 nitrogen and oxygen atoms in total. The Morgan fingerprint density at radius 1 is 1.36 bits per heavy atom. The maximum atomic E-state index is 12.6. The maximum absolute atomic E-state index is 12.6. The predicted molar refractivity (Wildman–Crippen MR) is 105 cm³/mol. The summed E-state index contributed by atoms with van der Waals surface area (Å²) in [6, 6.07) is 5.96. The topological polar surface area (TPSA) is 83.7 Å². The van der Waals surface area contributed by atoms with Crippen molar-refractivity contribution in [3.8, 4) is 5.75 Å². The van der Waals surface area contributed by atoms with Crippen LogP contribution in [0.25, 0.3) is 10.9 Å². The van der Waals surface area contributed by atoms with Crippen LogP contribution >= 0.6 is 0 Å². The van der Waals surface area contributed by atoms with Gasteiger partial charge < -0.3 is 24.7 Å². The number of H-pyrrole nitrogens is 1. The average molecular weight is 385 g/mol. The summed E-state index contributed by atoms with van der Waals surface area (Å²) in [6.45, 7) is 2.55. The van der Waals surface area contributed by atoms with Crippen LogP contribution in [0, 0.1) is 0 Å². The largest absolute Gasteiger partial charge is 0.497 e. The van der Waals surface area contributed by atoms with Crippen LogP contribution in [-0.2, 0) is 27.3 Å². The summed E-state index contributed by atoms with van der Waals surface area (Å²) in [5.41, 5.74) is 3.39. The molecule has 150 valence electrons. The third kappa shape index (κ3) is 3.99. The first-order valence-electron chi connectivity index (χ1n) is 9.97. The minimum Gasteiger partial charge on any atom is -0.497 e. The van der Waals surface area contributed by atoms with E-state index in [-0.39, 0.29) is 30.8 Å². The molecular formula is C21H27N3O4. The Morgan fingerprint density at radius 3 is 3.04 bits per heavy atom. The molecule has 2 aliphatic heterocycles. The smallest absolute Gasteiger partial charge is 0.223 e. The lowest BCUT2D eigenvalue weighted by Gasteiger charge is -2.27. The van der Waals surface area contributed by atoms with Crippen LogP contribution in [0.2, 0.25) is 0 Å². The van der Waals surface area contributed by atoms with Gasteiger partial charge in [-0.15, -0.1) is 0 Å². The molecule has 4 rings (SSSR count). The number of carbonyl (C=O) groups is 2. The lowest BCUT2D eigenvalue weighted by molar-refractivity contribution is -0.134. The molecule has 1 atom stereocenters. The molecule has 0 aliphatic carbocycles. The highest BCUT2D eigenvalue weighted by molar-refractivity contribution is 5.88. The molecule has 0 bridgehead atoms. The SMILES string of the molecule is COc1ccc2[nH]c3c(c2c1)CN(C(=O)CCC(=O)NC[C@H]1CCCO1)CC3. The number of carbonyl (C=O) groups excluding carboxylic acids is 2. The number of amides is 2. The molecule has 2 aromatic rings. The predicted octanol–water partition coefficient (Wildman–Crippen LogP) is 2.14. The van der Waals surface area contributed by atoms with Crippen LogP contribution < -0.4 is 10.1 Å². The van der Waals surface area contributed by atoms with Gasteiger partial charge in [0.15, 0.2) is 0 Å². The van der Waals surface area contributed by atoms with E-state index in [4.69, 9.17) is 9.47 Å². The van der Waals surface area contributed by atoms with Gasteiger partial charge in [-0.3, -0.25) is 9.59 Å². The third-order valence-electron chi connectivity index (χ3n) is 5.65. The second-order valence-electron chi connectivity index (χ2n) is 7.50. The Labute approximate surface area is 164 Å². The fourth-order valence-electron chi connectivity index (χ4n) is 4.03. The number of methoxy groups -OCH3 is 1. The van der Waals surface area contributed by atoms with Crippen molar-refractivity contribution in [1.82, 2.24) is 15.2 Å². The third-order valence-corrected chi connectivity index (χ3v) is 5.65. The quantitative estimate of drug-likeness (QED) is 0.798. The number of fused-ring (bicyclic) bond motifs is 3. The van der Waals surface area contributed by atoms with Crippen LogP contribution in [0.5, 0.6) is 5.75 Å². The van der Waals surface area contributed by atoms with Crippen molar-refractivity contribution < 1.29 is 19.1 Å². The minimum atomic E-state index is -0.0848. The van der Waals surface area contributed by atoms with E-state index in [0.29, 0.717) is 19.6 Å². The highest BCUT2D eigenvalue weighted by Crippen LogP contribution is 2.30. The summed E-state index contributed by atoms with van der Waals surface area (Å²) >= 11 is 0. The average Bonchev–Trinajstić information content (AvgIpc) is 3.37. The molecule has 1 saturated heterocycles. The van der Waals surface area contributed by atoms with Crippen molar-refractivity contribution in [3.63, 3.8) is 0 Å². The summed E-state index contributed by atoms with van der Waals surface area (Å²) in [4.78, 5) is 30.0. The second kappa shape index (κ2) is 8.22. The van der Waals surface area contributed by atoms with E-state index in [1.165, 1.54) is 5.69 Å². The van der Waals surface area contributed by atoms with Gasteiger partial charge in [-0.05, 0) is 31.0 Å². The van der Waals surface area contributed by atoms with Gasteiger partial charge in [-0.25, -0.2) is 0 Å². The van der Waals surface area contributed by atoms with Crippen molar-refractivity contribution in [3.05, 3.63) is 29.5 Å². The molecule has 0 spiro atoms. The number of ether oxygens (including phenoxy) is 2. The summed E-state index contributed by atoms with van der Waals surface area (Å²) < 4.78 is 10.8. The molecular weight excluding hydrogens is 358 g/mol. The molecule has 2 aliphatic rings. The van der Waals surface area contributed by atoms with Crippen molar-refractivity contribution in [1.29, 1.82) is 0 Å². The lowest BCUT2D eigenvalue weighted by Crippen LogP contribution is -2.37. The maximum Gasteiger partial charge on any atom is 0.223 e. The van der Waals surface area contributed by atoms with E-state index < -0.39 is 0 Å². The number of rotatable bonds is 6. The van der Waals surface area contributed by atoms with Gasteiger partial charge in [0.25, 0.3) is 0 Å². The summed E-state index contributed by atoms with van der Waals surface area (Å²) in [5.74, 6) is 0.745. The Hall–Kier alpha value is -2.54. The van der Waals surface area contributed by atoms with E-state index in [2.05, 4.69) is 10.3 Å². The number of hydrogen-bond acceptors (Lipinski definition) is 4. The van der Waals surface area contributed by atoms with E-state index in [1.54, 1.807) is 7.11 Å². The molecule has 1 aromatic carbocycles. The number of hydrogen-bond donors (Lipinski definition) is 2. The van der Waals surface area contributed by atoms with Crippen LogP contribution in [0.3, 0.4) is 0 Å². The van der Waals surface area contributed by atoms with Gasteiger partial charge in [-0.2, -0.15) is 0 Å². The van der Waals surface area contributed by atoms with E-state index in [9.17, 15) is 9.59 Å². The van der Waals surface area contributed by atoms with Gasteiger partial charge in [0, 0.05) is 67.7 Å². The van der Waals surface area contributed by atoms with Gasteiger partial charge in [0.1, 0.15) is 5.75 Å². The molecule has 3 heterocycles. The molecule has 1 fully saturated rings. The van der Waals surface area contributed by atoms with Crippen molar-refractivity contribution in [2.75, 3.05) is 26.8 Å². The fraction of sp³-hybridized carbons (Fsp3) is 0.524. The fourth-order valence-corrected chi connectivity index (χ4v) is 4.03. The van der Waals surface area contributed by atoms with Gasteiger partial charge in [0.2, 0.25) is 11.8 Å². The first-order valence-corrected chi connectivity index (χ1v) is 9.97. The Kier molecular flexibility index (Phi) is 5.52. The van der Waals surface area contributed by atoms with Crippen LogP contribution in [0.4, 0.5) is 0 Å². The van der Waals surface area contributed by atoms with Gasteiger partial charge in [0.05, 0.1) is 13.2 Å². The molecule has 28 heavy (non-hydrogen) atoms. The van der Waals surface area contributed by atoms with Gasteiger partial charge >= 0.3 is 0 Å². The van der Waals surface area contributed by atoms with E-state index in [1.807, 2.05) is 23.1 Å². The zero-order valence-corrected chi connectivity index (χ0v) is 16.3. The summed E-state index contributed by atoms with van der Waals surface area (Å²) in [7, 11) is 1.65. The molecule has 2 amide bonds. The number of benzene rings is 1. The van der Waals surface area contributed by atoms with E-state index >= 15 is 0 Å². The first kappa shape index (κ1) is 18.8. The van der Waals surface area contributed by atoms with Crippen molar-refractivity contribution >= 4 is 22.7 Å². The van der Waals surface area contributed by atoms with Gasteiger partial charge in [-0.1, -0.05) is 0 Å². The van der Waals surface area contributed by atoms with Crippen LogP contribution in [-0.4, -0.2) is 54.6 Å². The summed E-state index contributed by atoms with van der Waals surface area (Å²) in [5, 5.41) is 3.98. The Balaban J connectivity index is 1.33. The number of nitrogens with zero attached hydrogens (tertiary/aromatic N) is 1. The molecule has 0 saturated carbocycles. The van der Waals surface area contributed by atoms with Crippen LogP contribution in [0.15, 0.2) is 18.2 Å². The monoisotopic (exact) mass is 385 g/mol. The van der Waals surface area contributed by atoms with Crippen LogP contribution in [0.1, 0.15) is 36.9 Å². The van der Waals surface area contributed by atoms with Crippen molar-refractivity contribution in [2.24, 2.45) is 0 Å². The zero-order chi connectivity index (χ0) is 19.5. The number of nitrogens with one attached hydrogen (secondary N) is 2. The molecule has 2 N–H and O–H groups in total. The zero-order valence-electron chi connectivity index (χ0n) is 16.3. The molecule has 0 radical (unpaired) electrons. The Bertz CT molecular complexity index is 870.